The Morgan fingerprint density at radius 3 is 2.54 bits per heavy atom. The van der Waals surface area contributed by atoms with E-state index in [0.29, 0.717) is 11.7 Å². The van der Waals surface area contributed by atoms with Gasteiger partial charge < -0.3 is 5.32 Å². The van der Waals surface area contributed by atoms with Gasteiger partial charge in [0.2, 0.25) is 5.82 Å². The number of para-hydroxylation sites is 1. The van der Waals surface area contributed by atoms with Gasteiger partial charge in [-0.1, -0.05) is 37.5 Å². The monoisotopic (exact) mass is 324 g/mol. The molecule has 0 unspecified atom stereocenters. The van der Waals surface area contributed by atoms with Gasteiger partial charge in [0.1, 0.15) is 5.82 Å². The third-order valence-electron chi connectivity index (χ3n) is 5.15. The number of carbonyl (C=O) groups excluding carboxylic acids is 1. The minimum absolute atomic E-state index is 0.118. The lowest BCUT2D eigenvalue weighted by Gasteiger charge is -2.34. The first kappa shape index (κ1) is 15.4. The van der Waals surface area contributed by atoms with Crippen molar-refractivity contribution < 1.29 is 4.79 Å². The van der Waals surface area contributed by atoms with Crippen molar-refractivity contribution in [2.75, 3.05) is 0 Å². The highest BCUT2D eigenvalue weighted by atomic mass is 16.2. The molecular weight excluding hydrogens is 300 g/mol. The SMILES string of the molecule is CC1(NC(=O)c2nc(C3CC3)n(-c3ccccc3)n2)CCCCC1. The molecule has 0 atom stereocenters. The van der Waals surface area contributed by atoms with Gasteiger partial charge in [0.15, 0.2) is 0 Å². The summed E-state index contributed by atoms with van der Waals surface area (Å²) >= 11 is 0. The highest BCUT2D eigenvalue weighted by Crippen LogP contribution is 2.39. The second-order valence-electron chi connectivity index (χ2n) is 7.39. The Labute approximate surface area is 142 Å². The van der Waals surface area contributed by atoms with Crippen LogP contribution in [0.2, 0.25) is 0 Å². The molecular formula is C19H24N4O. The molecule has 5 nitrogen and oxygen atoms in total. The fraction of sp³-hybridized carbons (Fsp3) is 0.526. The lowest BCUT2D eigenvalue weighted by molar-refractivity contribution is 0.0872. The topological polar surface area (TPSA) is 59.8 Å². The summed E-state index contributed by atoms with van der Waals surface area (Å²) in [4.78, 5) is 17.3. The number of hydrogen-bond donors (Lipinski definition) is 1. The Kier molecular flexibility index (Phi) is 3.87. The smallest absolute Gasteiger partial charge is 0.291 e. The predicted octanol–water partition coefficient (Wildman–Crippen LogP) is 3.60. The van der Waals surface area contributed by atoms with Crippen molar-refractivity contribution in [3.63, 3.8) is 0 Å². The summed E-state index contributed by atoms with van der Waals surface area (Å²) in [5, 5.41) is 7.72. The van der Waals surface area contributed by atoms with E-state index in [-0.39, 0.29) is 11.4 Å². The molecule has 0 spiro atoms. The molecule has 5 heteroatoms. The molecule has 0 bridgehead atoms. The molecule has 126 valence electrons. The molecule has 0 saturated heterocycles. The van der Waals surface area contributed by atoms with Crippen LogP contribution in [0.3, 0.4) is 0 Å². The number of nitrogens with zero attached hydrogens (tertiary/aromatic N) is 3. The van der Waals surface area contributed by atoms with Crippen molar-refractivity contribution in [3.05, 3.63) is 42.0 Å². The van der Waals surface area contributed by atoms with E-state index in [1.807, 2.05) is 35.0 Å². The average molecular weight is 324 g/mol. The second kappa shape index (κ2) is 6.04. The third kappa shape index (κ3) is 3.07. The second-order valence-corrected chi connectivity index (χ2v) is 7.39. The van der Waals surface area contributed by atoms with Crippen LogP contribution < -0.4 is 5.32 Å². The minimum atomic E-state index is -0.143. The van der Waals surface area contributed by atoms with Crippen LogP contribution in [-0.2, 0) is 0 Å². The summed E-state index contributed by atoms with van der Waals surface area (Å²) in [5.41, 5.74) is 0.850. The Hall–Kier alpha value is -2.17. The molecule has 1 amide bonds. The molecule has 24 heavy (non-hydrogen) atoms. The van der Waals surface area contributed by atoms with Gasteiger partial charge in [-0.3, -0.25) is 4.79 Å². The van der Waals surface area contributed by atoms with Gasteiger partial charge in [-0.25, -0.2) is 9.67 Å². The largest absolute Gasteiger partial charge is 0.344 e. The number of benzene rings is 1. The van der Waals surface area contributed by atoms with Crippen molar-refractivity contribution in [2.45, 2.75) is 63.3 Å². The zero-order valence-electron chi connectivity index (χ0n) is 14.2. The van der Waals surface area contributed by atoms with Crippen LogP contribution in [0.4, 0.5) is 0 Å². The first-order chi connectivity index (χ1) is 11.6. The molecule has 4 rings (SSSR count). The Balaban J connectivity index is 1.60. The van der Waals surface area contributed by atoms with Gasteiger partial charge in [-0.15, -0.1) is 5.10 Å². The van der Waals surface area contributed by atoms with Gasteiger partial charge in [0.25, 0.3) is 5.91 Å². The Bertz CT molecular complexity index is 727. The molecule has 1 N–H and O–H groups in total. The van der Waals surface area contributed by atoms with Crippen LogP contribution >= 0.6 is 0 Å². The number of carbonyl (C=O) groups is 1. The van der Waals surface area contributed by atoms with E-state index < -0.39 is 0 Å². The lowest BCUT2D eigenvalue weighted by Crippen LogP contribution is -2.47. The molecule has 1 aromatic heterocycles. The fourth-order valence-electron chi connectivity index (χ4n) is 3.57. The van der Waals surface area contributed by atoms with Gasteiger partial charge in [0, 0.05) is 11.5 Å². The molecule has 1 aromatic carbocycles. The van der Waals surface area contributed by atoms with Crippen LogP contribution in [0, 0.1) is 0 Å². The number of nitrogens with one attached hydrogen (secondary N) is 1. The van der Waals surface area contributed by atoms with E-state index >= 15 is 0 Å². The summed E-state index contributed by atoms with van der Waals surface area (Å²) in [6, 6.07) is 9.96. The van der Waals surface area contributed by atoms with Crippen LogP contribution in [0.5, 0.6) is 0 Å². The molecule has 1 heterocycles. The van der Waals surface area contributed by atoms with Crippen molar-refractivity contribution in [1.82, 2.24) is 20.1 Å². The molecule has 2 aliphatic rings. The van der Waals surface area contributed by atoms with Crippen LogP contribution in [0.1, 0.15) is 74.2 Å². The Morgan fingerprint density at radius 2 is 1.88 bits per heavy atom. The van der Waals surface area contributed by atoms with E-state index in [0.717, 1.165) is 37.2 Å². The standard InChI is InChI=1S/C19H24N4O/c1-19(12-6-3-7-13-19)21-18(24)16-20-17(14-10-11-14)23(22-16)15-8-4-2-5-9-15/h2,4-5,8-9,14H,3,6-7,10-13H2,1H3,(H,21,24). The normalized spacial score (nSPS) is 19.9. The van der Waals surface area contributed by atoms with E-state index in [1.54, 1.807) is 0 Å². The molecule has 2 aliphatic carbocycles. The number of rotatable bonds is 4. The summed E-state index contributed by atoms with van der Waals surface area (Å²) in [6.07, 6.45) is 7.94. The van der Waals surface area contributed by atoms with Gasteiger partial charge >= 0.3 is 0 Å². The minimum Gasteiger partial charge on any atom is -0.344 e. The van der Waals surface area contributed by atoms with Crippen molar-refractivity contribution in [1.29, 1.82) is 0 Å². The maximum atomic E-state index is 12.7. The summed E-state index contributed by atoms with van der Waals surface area (Å²) in [5.74, 6) is 1.51. The quantitative estimate of drug-likeness (QED) is 0.935. The highest BCUT2D eigenvalue weighted by Gasteiger charge is 2.34. The van der Waals surface area contributed by atoms with Crippen LogP contribution in [0.15, 0.2) is 30.3 Å². The number of aromatic nitrogens is 3. The fourth-order valence-corrected chi connectivity index (χ4v) is 3.57. The number of amides is 1. The third-order valence-corrected chi connectivity index (χ3v) is 5.15. The molecule has 2 aromatic rings. The number of hydrogen-bond acceptors (Lipinski definition) is 3. The van der Waals surface area contributed by atoms with Gasteiger partial charge in [-0.2, -0.15) is 0 Å². The van der Waals surface area contributed by atoms with Gasteiger partial charge in [-0.05, 0) is 44.7 Å². The van der Waals surface area contributed by atoms with E-state index in [4.69, 9.17) is 0 Å². The maximum absolute atomic E-state index is 12.7. The van der Waals surface area contributed by atoms with E-state index in [1.165, 1.54) is 19.3 Å². The van der Waals surface area contributed by atoms with E-state index in [2.05, 4.69) is 22.3 Å². The Morgan fingerprint density at radius 1 is 1.17 bits per heavy atom. The van der Waals surface area contributed by atoms with Crippen LogP contribution in [0.25, 0.3) is 5.69 Å². The summed E-state index contributed by atoms with van der Waals surface area (Å²) in [7, 11) is 0. The van der Waals surface area contributed by atoms with Crippen molar-refractivity contribution in [3.8, 4) is 5.69 Å². The summed E-state index contributed by atoms with van der Waals surface area (Å²) in [6.45, 7) is 2.14. The lowest BCUT2D eigenvalue weighted by atomic mass is 9.83. The van der Waals surface area contributed by atoms with E-state index in [9.17, 15) is 4.79 Å². The molecule has 2 fully saturated rings. The zero-order valence-corrected chi connectivity index (χ0v) is 14.2. The van der Waals surface area contributed by atoms with Crippen molar-refractivity contribution >= 4 is 5.91 Å². The predicted molar refractivity (Wildman–Crippen MR) is 92.3 cm³/mol. The zero-order chi connectivity index (χ0) is 16.6. The van der Waals surface area contributed by atoms with Gasteiger partial charge in [0.05, 0.1) is 5.69 Å². The molecule has 2 saturated carbocycles. The molecule has 0 radical (unpaired) electrons. The molecule has 0 aliphatic heterocycles. The van der Waals surface area contributed by atoms with Crippen molar-refractivity contribution in [2.24, 2.45) is 0 Å². The maximum Gasteiger partial charge on any atom is 0.291 e. The summed E-state index contributed by atoms with van der Waals surface area (Å²) < 4.78 is 1.84. The highest BCUT2D eigenvalue weighted by molar-refractivity contribution is 5.91. The first-order valence-electron chi connectivity index (χ1n) is 9.00. The van der Waals surface area contributed by atoms with Crippen LogP contribution in [-0.4, -0.2) is 26.2 Å². The first-order valence-corrected chi connectivity index (χ1v) is 9.00. The average Bonchev–Trinajstić information content (AvgIpc) is 3.34.